The van der Waals surface area contributed by atoms with E-state index in [2.05, 4.69) is 19.8 Å². The minimum absolute atomic E-state index is 0.159. The van der Waals surface area contributed by atoms with Crippen molar-refractivity contribution in [2.75, 3.05) is 10.7 Å². The molecule has 8 nitrogen and oxygen atoms in total. The van der Waals surface area contributed by atoms with Crippen LogP contribution >= 0.6 is 11.8 Å². The number of amidine groups is 1. The second kappa shape index (κ2) is 12.2. The lowest BCUT2D eigenvalue weighted by Gasteiger charge is -2.20. The van der Waals surface area contributed by atoms with Gasteiger partial charge in [-0.15, -0.1) is 18.3 Å². The average molecular weight is 610 g/mol. The Labute approximate surface area is 247 Å². The van der Waals surface area contributed by atoms with Crippen molar-refractivity contribution in [3.8, 4) is 22.8 Å². The fraction of sp³-hybridized carbons (Fsp3) is 0.167. The molecule has 3 aromatic carbocycles. The number of aryl methyl sites for hydroxylation is 2. The quantitative estimate of drug-likeness (QED) is 0.214. The molecular weight excluding hydrogens is 586 g/mol. The Bertz CT molecular complexity index is 1710. The highest BCUT2D eigenvalue weighted by atomic mass is 32.2. The summed E-state index contributed by atoms with van der Waals surface area (Å²) in [7, 11) is 0. The topological polar surface area (TPSA) is 89.7 Å². The van der Waals surface area contributed by atoms with Crippen molar-refractivity contribution < 1.29 is 31.9 Å². The third-order valence-corrected chi connectivity index (χ3v) is 7.27. The number of benzene rings is 3. The maximum atomic E-state index is 14.9. The molecule has 220 valence electrons. The maximum Gasteiger partial charge on any atom is 0.573 e. The number of aromatic nitrogens is 3. The first-order chi connectivity index (χ1) is 20.5. The fourth-order valence-electron chi connectivity index (χ4n) is 4.37. The summed E-state index contributed by atoms with van der Waals surface area (Å²) in [6.45, 7) is 3.75. The molecule has 0 bridgehead atoms. The predicted molar refractivity (Wildman–Crippen MR) is 155 cm³/mol. The molecule has 0 radical (unpaired) electrons. The molecule has 0 spiro atoms. The number of hydrogen-bond donors (Lipinski definition) is 0. The first-order valence-corrected chi connectivity index (χ1v) is 13.8. The number of carbonyl (C=O) groups excluding carboxylic acids is 2. The van der Waals surface area contributed by atoms with E-state index in [-0.39, 0.29) is 34.6 Å². The maximum absolute atomic E-state index is 14.9. The highest BCUT2D eigenvalue weighted by molar-refractivity contribution is 8.15. The number of hydrogen-bond acceptors (Lipinski definition) is 6. The SMILES string of the molecule is Cc1cccc(C)c1N1C(=O)CSC1=NC(=O)C/C=C(\F)c1ccc(-c2ncn(-c3ccc(OC(F)(F)F)cc3)n2)cc1. The van der Waals surface area contributed by atoms with Gasteiger partial charge in [-0.25, -0.2) is 14.1 Å². The molecule has 43 heavy (non-hydrogen) atoms. The van der Waals surface area contributed by atoms with Crippen molar-refractivity contribution in [2.45, 2.75) is 26.6 Å². The Hall–Kier alpha value is -4.78. The normalized spacial score (nSPS) is 14.9. The Morgan fingerprint density at radius 2 is 1.72 bits per heavy atom. The number of alkyl halides is 3. The zero-order valence-corrected chi connectivity index (χ0v) is 23.6. The molecule has 1 saturated heterocycles. The van der Waals surface area contributed by atoms with Crippen LogP contribution in [0.3, 0.4) is 0 Å². The Kier molecular flexibility index (Phi) is 8.44. The highest BCUT2D eigenvalue weighted by Gasteiger charge is 2.32. The van der Waals surface area contributed by atoms with Crippen LogP contribution in [0.15, 0.2) is 84.1 Å². The van der Waals surface area contributed by atoms with E-state index in [4.69, 9.17) is 0 Å². The largest absolute Gasteiger partial charge is 0.573 e. The van der Waals surface area contributed by atoms with Crippen molar-refractivity contribution in [1.82, 2.24) is 14.8 Å². The number of rotatable bonds is 7. The number of thioether (sulfide) groups is 1. The molecule has 4 aromatic rings. The summed E-state index contributed by atoms with van der Waals surface area (Å²) in [4.78, 5) is 34.9. The first-order valence-electron chi connectivity index (χ1n) is 12.9. The molecule has 1 aliphatic heterocycles. The number of carbonyl (C=O) groups is 2. The van der Waals surface area contributed by atoms with E-state index >= 15 is 0 Å². The van der Waals surface area contributed by atoms with Gasteiger partial charge in [0.1, 0.15) is 17.9 Å². The van der Waals surface area contributed by atoms with Crippen molar-refractivity contribution in [2.24, 2.45) is 4.99 Å². The number of amides is 2. The van der Waals surface area contributed by atoms with Gasteiger partial charge in [0.15, 0.2) is 11.0 Å². The molecular formula is C30H23F4N5O3S. The molecule has 2 heterocycles. The van der Waals surface area contributed by atoms with Gasteiger partial charge in [0.2, 0.25) is 5.91 Å². The van der Waals surface area contributed by atoms with Gasteiger partial charge in [-0.05, 0) is 55.3 Å². The van der Waals surface area contributed by atoms with Crippen molar-refractivity contribution in [1.29, 1.82) is 0 Å². The van der Waals surface area contributed by atoms with Crippen LogP contribution in [-0.2, 0) is 9.59 Å². The Morgan fingerprint density at radius 3 is 2.37 bits per heavy atom. The lowest BCUT2D eigenvalue weighted by atomic mass is 10.1. The van der Waals surface area contributed by atoms with E-state index in [9.17, 15) is 27.2 Å². The second-order valence-electron chi connectivity index (χ2n) is 9.43. The summed E-state index contributed by atoms with van der Waals surface area (Å²) in [6, 6.07) is 17.0. The molecule has 0 saturated carbocycles. The van der Waals surface area contributed by atoms with E-state index in [1.165, 1.54) is 40.2 Å². The van der Waals surface area contributed by atoms with Crippen LogP contribution in [0.5, 0.6) is 5.75 Å². The van der Waals surface area contributed by atoms with Gasteiger partial charge in [-0.1, -0.05) is 54.2 Å². The van der Waals surface area contributed by atoms with Gasteiger partial charge >= 0.3 is 6.36 Å². The molecule has 1 aromatic heterocycles. The number of ether oxygens (including phenoxy) is 1. The van der Waals surface area contributed by atoms with Crippen LogP contribution < -0.4 is 9.64 Å². The van der Waals surface area contributed by atoms with E-state index in [1.54, 1.807) is 12.1 Å². The summed E-state index contributed by atoms with van der Waals surface area (Å²) in [5, 5.41) is 4.59. The van der Waals surface area contributed by atoms with Crippen LogP contribution in [0, 0.1) is 13.8 Å². The summed E-state index contributed by atoms with van der Waals surface area (Å²) in [6.07, 6.45) is -2.56. The first kappa shape index (κ1) is 29.7. The number of halogens is 4. The van der Waals surface area contributed by atoms with Gasteiger partial charge < -0.3 is 4.74 Å². The molecule has 0 atom stereocenters. The number of para-hydroxylation sites is 1. The molecule has 2 amide bonds. The van der Waals surface area contributed by atoms with Crippen LogP contribution in [0.4, 0.5) is 23.2 Å². The molecule has 13 heteroatoms. The molecule has 1 aliphatic rings. The van der Waals surface area contributed by atoms with Crippen LogP contribution in [-0.4, -0.2) is 43.9 Å². The standard InChI is InChI=1S/C30H23F4N5O3S/c1-18-4-3-5-19(2)27(18)39-26(41)16-43-29(39)36-25(40)15-14-24(31)20-6-8-21(9-7-20)28-35-17-38(37-28)22-10-12-23(13-11-22)42-30(32,33)34/h3-14,17H,15-16H2,1-2H3/b24-14-,36-29?. The smallest absolute Gasteiger partial charge is 0.406 e. The van der Waals surface area contributed by atoms with Crippen molar-refractivity contribution in [3.63, 3.8) is 0 Å². The highest BCUT2D eigenvalue weighted by Crippen LogP contribution is 2.32. The lowest BCUT2D eigenvalue weighted by Crippen LogP contribution is -2.31. The third kappa shape index (κ3) is 7.00. The van der Waals surface area contributed by atoms with Gasteiger partial charge in [0.25, 0.3) is 5.91 Å². The van der Waals surface area contributed by atoms with Gasteiger partial charge in [0.05, 0.1) is 23.5 Å². The second-order valence-corrected chi connectivity index (χ2v) is 10.4. The minimum atomic E-state index is -4.79. The van der Waals surface area contributed by atoms with Gasteiger partial charge in [-0.3, -0.25) is 14.5 Å². The number of anilines is 1. The van der Waals surface area contributed by atoms with E-state index in [0.717, 1.165) is 41.1 Å². The molecule has 1 fully saturated rings. The van der Waals surface area contributed by atoms with E-state index < -0.39 is 18.1 Å². The predicted octanol–water partition coefficient (Wildman–Crippen LogP) is 6.81. The fourth-order valence-corrected chi connectivity index (χ4v) is 5.24. The number of nitrogens with zero attached hydrogens (tertiary/aromatic N) is 5. The van der Waals surface area contributed by atoms with Crippen molar-refractivity contribution >= 4 is 40.3 Å². The van der Waals surface area contributed by atoms with Gasteiger partial charge in [-0.2, -0.15) is 4.99 Å². The zero-order valence-electron chi connectivity index (χ0n) is 22.8. The zero-order chi connectivity index (χ0) is 30.7. The van der Waals surface area contributed by atoms with Crippen LogP contribution in [0.1, 0.15) is 23.1 Å². The van der Waals surface area contributed by atoms with Crippen LogP contribution in [0.25, 0.3) is 22.9 Å². The Balaban J connectivity index is 1.24. The molecule has 5 rings (SSSR count). The van der Waals surface area contributed by atoms with Crippen molar-refractivity contribution in [3.05, 3.63) is 95.8 Å². The summed E-state index contributed by atoms with van der Waals surface area (Å²) in [5.74, 6) is -1.27. The van der Waals surface area contributed by atoms with E-state index in [0.29, 0.717) is 22.8 Å². The monoisotopic (exact) mass is 609 g/mol. The summed E-state index contributed by atoms with van der Waals surface area (Å²) >= 11 is 1.16. The minimum Gasteiger partial charge on any atom is -0.406 e. The summed E-state index contributed by atoms with van der Waals surface area (Å²) in [5.41, 5.74) is 3.71. The Morgan fingerprint density at radius 1 is 1.05 bits per heavy atom. The van der Waals surface area contributed by atoms with Crippen LogP contribution in [0.2, 0.25) is 0 Å². The number of aliphatic imine (C=N–C) groups is 1. The molecule has 0 N–H and O–H groups in total. The van der Waals surface area contributed by atoms with Gasteiger partial charge in [0, 0.05) is 11.1 Å². The average Bonchev–Trinajstić information content (AvgIpc) is 3.59. The molecule has 0 unspecified atom stereocenters. The summed E-state index contributed by atoms with van der Waals surface area (Å²) < 4.78 is 57.3. The third-order valence-electron chi connectivity index (χ3n) is 6.35. The van der Waals surface area contributed by atoms with E-state index in [1.807, 2.05) is 32.0 Å². The lowest BCUT2D eigenvalue weighted by molar-refractivity contribution is -0.274. The molecule has 0 aliphatic carbocycles.